The molecule has 4 nitrogen and oxygen atoms in total. The number of carbonyl (C=O) groups excluding carboxylic acids is 1. The average molecular weight is 277 g/mol. The predicted octanol–water partition coefficient (Wildman–Crippen LogP) is 2.11. The minimum atomic E-state index is -0.169. The fourth-order valence-electron chi connectivity index (χ4n) is 2.22. The number of benzene rings is 1. The fraction of sp³-hybridized carbons (Fsp3) is 0.562. The van der Waals surface area contributed by atoms with Crippen LogP contribution in [-0.4, -0.2) is 29.8 Å². The van der Waals surface area contributed by atoms with Crippen LogP contribution in [0.15, 0.2) is 24.3 Å². The first-order valence-electron chi connectivity index (χ1n) is 7.21. The third kappa shape index (κ3) is 4.32. The number of rotatable bonds is 6. The SMILES string of the molecule is CC(C)OCc1ccc(C(=O)NCC2CC(O)C2)cc1. The number of hydrogen-bond donors (Lipinski definition) is 2. The van der Waals surface area contributed by atoms with Crippen LogP contribution in [0.3, 0.4) is 0 Å². The molecule has 0 unspecified atom stereocenters. The summed E-state index contributed by atoms with van der Waals surface area (Å²) in [6.07, 6.45) is 1.63. The highest BCUT2D eigenvalue weighted by Crippen LogP contribution is 2.26. The Morgan fingerprint density at radius 3 is 2.55 bits per heavy atom. The molecule has 0 bridgehead atoms. The van der Waals surface area contributed by atoms with E-state index in [0.717, 1.165) is 18.4 Å². The molecule has 1 fully saturated rings. The lowest BCUT2D eigenvalue weighted by atomic mass is 9.82. The monoisotopic (exact) mass is 277 g/mol. The summed E-state index contributed by atoms with van der Waals surface area (Å²) in [5.74, 6) is 0.371. The second-order valence-electron chi connectivity index (χ2n) is 5.76. The molecule has 4 heteroatoms. The smallest absolute Gasteiger partial charge is 0.251 e. The number of ether oxygens (including phenoxy) is 1. The summed E-state index contributed by atoms with van der Waals surface area (Å²) < 4.78 is 5.52. The first kappa shape index (κ1) is 15.0. The zero-order valence-electron chi connectivity index (χ0n) is 12.1. The molecule has 0 heterocycles. The molecule has 20 heavy (non-hydrogen) atoms. The number of hydrogen-bond acceptors (Lipinski definition) is 3. The Labute approximate surface area is 120 Å². The second-order valence-corrected chi connectivity index (χ2v) is 5.76. The summed E-state index contributed by atoms with van der Waals surface area (Å²) in [6.45, 7) is 5.21. The molecule has 1 aromatic carbocycles. The summed E-state index contributed by atoms with van der Waals surface area (Å²) in [5, 5.41) is 12.1. The van der Waals surface area contributed by atoms with Crippen LogP contribution in [-0.2, 0) is 11.3 Å². The highest BCUT2D eigenvalue weighted by molar-refractivity contribution is 5.94. The molecule has 0 saturated heterocycles. The molecule has 2 N–H and O–H groups in total. The van der Waals surface area contributed by atoms with Crippen molar-refractivity contribution in [3.63, 3.8) is 0 Å². The van der Waals surface area contributed by atoms with Gasteiger partial charge in [-0.3, -0.25) is 4.79 Å². The molecule has 0 aromatic heterocycles. The van der Waals surface area contributed by atoms with Gasteiger partial charge in [0.15, 0.2) is 0 Å². The maximum atomic E-state index is 11.9. The van der Waals surface area contributed by atoms with Crippen molar-refractivity contribution in [1.82, 2.24) is 5.32 Å². The summed E-state index contributed by atoms with van der Waals surface area (Å²) in [5.41, 5.74) is 1.73. The number of carbonyl (C=O) groups is 1. The lowest BCUT2D eigenvalue weighted by Crippen LogP contribution is -2.38. The molecule has 1 aliphatic carbocycles. The van der Waals surface area contributed by atoms with E-state index >= 15 is 0 Å². The van der Waals surface area contributed by atoms with Gasteiger partial charge in [-0.1, -0.05) is 12.1 Å². The van der Waals surface area contributed by atoms with Gasteiger partial charge in [0, 0.05) is 12.1 Å². The van der Waals surface area contributed by atoms with Gasteiger partial charge in [0.2, 0.25) is 0 Å². The third-order valence-electron chi connectivity index (χ3n) is 3.56. The van der Waals surface area contributed by atoms with Crippen molar-refractivity contribution in [3.05, 3.63) is 35.4 Å². The van der Waals surface area contributed by atoms with E-state index < -0.39 is 0 Å². The molecule has 0 radical (unpaired) electrons. The van der Waals surface area contributed by atoms with Crippen LogP contribution in [0.1, 0.15) is 42.6 Å². The quantitative estimate of drug-likeness (QED) is 0.837. The molecule has 0 spiro atoms. The van der Waals surface area contributed by atoms with Crippen LogP contribution >= 0.6 is 0 Å². The average Bonchev–Trinajstić information content (AvgIpc) is 2.40. The predicted molar refractivity (Wildman–Crippen MR) is 77.4 cm³/mol. The van der Waals surface area contributed by atoms with Crippen LogP contribution in [0, 0.1) is 5.92 Å². The van der Waals surface area contributed by atoms with Gasteiger partial charge in [-0.05, 0) is 50.3 Å². The van der Waals surface area contributed by atoms with Crippen LogP contribution in [0.25, 0.3) is 0 Å². The number of aliphatic hydroxyl groups is 1. The molecule has 1 saturated carbocycles. The zero-order valence-corrected chi connectivity index (χ0v) is 12.1. The molecule has 0 aliphatic heterocycles. The maximum absolute atomic E-state index is 11.9. The lowest BCUT2D eigenvalue weighted by Gasteiger charge is -2.31. The van der Waals surface area contributed by atoms with Crippen molar-refractivity contribution in [3.8, 4) is 0 Å². The van der Waals surface area contributed by atoms with Crippen molar-refractivity contribution in [2.24, 2.45) is 5.92 Å². The third-order valence-corrected chi connectivity index (χ3v) is 3.56. The van der Waals surface area contributed by atoms with Gasteiger partial charge >= 0.3 is 0 Å². The Kier molecular flexibility index (Phi) is 5.15. The summed E-state index contributed by atoms with van der Waals surface area (Å²) in [6, 6.07) is 7.49. The molecule has 2 rings (SSSR count). The highest BCUT2D eigenvalue weighted by atomic mass is 16.5. The van der Waals surface area contributed by atoms with E-state index in [1.165, 1.54) is 0 Å². The molecule has 1 amide bonds. The van der Waals surface area contributed by atoms with Crippen molar-refractivity contribution < 1.29 is 14.6 Å². The summed E-state index contributed by atoms with van der Waals surface area (Å²) in [7, 11) is 0. The van der Waals surface area contributed by atoms with Crippen LogP contribution in [0.5, 0.6) is 0 Å². The van der Waals surface area contributed by atoms with E-state index in [4.69, 9.17) is 4.74 Å². The van der Waals surface area contributed by atoms with Crippen molar-refractivity contribution in [1.29, 1.82) is 0 Å². The van der Waals surface area contributed by atoms with E-state index in [1.54, 1.807) is 0 Å². The largest absolute Gasteiger partial charge is 0.393 e. The minimum Gasteiger partial charge on any atom is -0.393 e. The number of nitrogens with one attached hydrogen (secondary N) is 1. The molecule has 1 aromatic rings. The summed E-state index contributed by atoms with van der Waals surface area (Å²) >= 11 is 0. The van der Waals surface area contributed by atoms with E-state index in [1.807, 2.05) is 38.1 Å². The second kappa shape index (κ2) is 6.86. The van der Waals surface area contributed by atoms with Gasteiger partial charge in [-0.2, -0.15) is 0 Å². The van der Waals surface area contributed by atoms with E-state index in [9.17, 15) is 9.90 Å². The van der Waals surface area contributed by atoms with Crippen LogP contribution < -0.4 is 5.32 Å². The van der Waals surface area contributed by atoms with Crippen LogP contribution in [0.2, 0.25) is 0 Å². The molecular formula is C16H23NO3. The zero-order chi connectivity index (χ0) is 14.5. The van der Waals surface area contributed by atoms with Gasteiger partial charge in [0.05, 0.1) is 18.8 Å². The topological polar surface area (TPSA) is 58.6 Å². The Bertz CT molecular complexity index is 436. The highest BCUT2D eigenvalue weighted by Gasteiger charge is 2.27. The standard InChI is InChI=1S/C16H23NO3/c1-11(2)20-10-12-3-5-14(6-4-12)16(19)17-9-13-7-15(18)8-13/h3-6,11,13,15,18H,7-10H2,1-2H3,(H,17,19). The van der Waals surface area contributed by atoms with E-state index in [-0.39, 0.29) is 18.1 Å². The molecule has 0 atom stereocenters. The van der Waals surface area contributed by atoms with E-state index in [2.05, 4.69) is 5.32 Å². The van der Waals surface area contributed by atoms with Gasteiger partial charge in [-0.25, -0.2) is 0 Å². The van der Waals surface area contributed by atoms with Gasteiger partial charge < -0.3 is 15.2 Å². The Morgan fingerprint density at radius 1 is 1.35 bits per heavy atom. The van der Waals surface area contributed by atoms with Crippen molar-refractivity contribution in [2.75, 3.05) is 6.54 Å². The van der Waals surface area contributed by atoms with Gasteiger partial charge in [-0.15, -0.1) is 0 Å². The fourth-order valence-corrected chi connectivity index (χ4v) is 2.22. The normalized spacial score (nSPS) is 21.6. The Morgan fingerprint density at radius 2 is 2.00 bits per heavy atom. The van der Waals surface area contributed by atoms with Crippen LogP contribution in [0.4, 0.5) is 0 Å². The first-order chi connectivity index (χ1) is 9.54. The minimum absolute atomic E-state index is 0.0530. The first-order valence-corrected chi connectivity index (χ1v) is 7.21. The number of aliphatic hydroxyl groups excluding tert-OH is 1. The van der Waals surface area contributed by atoms with Crippen molar-refractivity contribution in [2.45, 2.75) is 45.5 Å². The molecular weight excluding hydrogens is 254 g/mol. The number of amides is 1. The Balaban J connectivity index is 1.78. The molecule has 1 aliphatic rings. The maximum Gasteiger partial charge on any atom is 0.251 e. The Hall–Kier alpha value is -1.39. The lowest BCUT2D eigenvalue weighted by molar-refractivity contribution is 0.0420. The molecule has 110 valence electrons. The van der Waals surface area contributed by atoms with Gasteiger partial charge in [0.1, 0.15) is 0 Å². The van der Waals surface area contributed by atoms with Crippen molar-refractivity contribution >= 4 is 5.91 Å². The van der Waals surface area contributed by atoms with Gasteiger partial charge in [0.25, 0.3) is 5.91 Å². The summed E-state index contributed by atoms with van der Waals surface area (Å²) in [4.78, 5) is 11.9. The van der Waals surface area contributed by atoms with E-state index in [0.29, 0.717) is 24.6 Å².